The van der Waals surface area contributed by atoms with Crippen LogP contribution in [-0.2, 0) is 0 Å². The lowest BCUT2D eigenvalue weighted by Crippen LogP contribution is -2.01. The third-order valence-electron chi connectivity index (χ3n) is 1.82. The van der Waals surface area contributed by atoms with Crippen LogP contribution < -0.4 is 5.43 Å². The van der Waals surface area contributed by atoms with Crippen molar-refractivity contribution in [3.05, 3.63) is 45.3 Å². The first-order chi connectivity index (χ1) is 6.70. The van der Waals surface area contributed by atoms with Gasteiger partial charge in [-0.15, -0.1) is 0 Å². The van der Waals surface area contributed by atoms with E-state index in [0.717, 1.165) is 6.07 Å². The smallest absolute Gasteiger partial charge is 0.193 e. The molecule has 2 rings (SSSR count). The number of hydrogen-bond donors (Lipinski definition) is 0. The topological polar surface area (TPSA) is 47.3 Å². The van der Waals surface area contributed by atoms with Crippen molar-refractivity contribution < 1.29 is 9.21 Å². The van der Waals surface area contributed by atoms with Gasteiger partial charge in [-0.1, -0.05) is 11.6 Å². The molecule has 70 valence electrons. The molecule has 0 saturated heterocycles. The highest BCUT2D eigenvalue weighted by atomic mass is 35.5. The number of carbonyl (C=O) groups is 1. The molecule has 0 amide bonds. The molecule has 0 unspecified atom stereocenters. The first-order valence-electron chi connectivity index (χ1n) is 3.89. The van der Waals surface area contributed by atoms with E-state index in [1.165, 1.54) is 6.07 Å². The minimum Gasteiger partial charge on any atom is -0.453 e. The van der Waals surface area contributed by atoms with Crippen molar-refractivity contribution in [2.45, 2.75) is 0 Å². The molecule has 0 bridgehead atoms. The summed E-state index contributed by atoms with van der Waals surface area (Å²) in [5.41, 5.74) is 0.0971. The lowest BCUT2D eigenvalue weighted by molar-refractivity contribution is 0.110. The maximum atomic E-state index is 11.4. The highest BCUT2D eigenvalue weighted by molar-refractivity contribution is 6.31. The summed E-state index contributed by atoms with van der Waals surface area (Å²) < 4.78 is 5.12. The van der Waals surface area contributed by atoms with Crippen LogP contribution in [0.2, 0.25) is 5.02 Å². The van der Waals surface area contributed by atoms with Gasteiger partial charge < -0.3 is 4.42 Å². The van der Waals surface area contributed by atoms with Crippen LogP contribution in [-0.4, -0.2) is 6.29 Å². The van der Waals surface area contributed by atoms with Gasteiger partial charge in [0.25, 0.3) is 0 Å². The van der Waals surface area contributed by atoms with Crippen molar-refractivity contribution in [1.82, 2.24) is 0 Å². The molecule has 1 heterocycles. The van der Waals surface area contributed by atoms with Crippen LogP contribution in [0.3, 0.4) is 0 Å². The summed E-state index contributed by atoms with van der Waals surface area (Å²) in [5.74, 6) is 0.0184. The fourth-order valence-electron chi connectivity index (χ4n) is 1.21. The van der Waals surface area contributed by atoms with Crippen molar-refractivity contribution >= 4 is 28.9 Å². The number of hydrogen-bond acceptors (Lipinski definition) is 3. The van der Waals surface area contributed by atoms with Gasteiger partial charge in [0.1, 0.15) is 5.58 Å². The molecule has 0 saturated carbocycles. The highest BCUT2D eigenvalue weighted by Crippen LogP contribution is 2.16. The second kappa shape index (κ2) is 3.27. The van der Waals surface area contributed by atoms with E-state index < -0.39 is 0 Å². The van der Waals surface area contributed by atoms with Crippen molar-refractivity contribution in [2.24, 2.45) is 0 Å². The molecule has 0 aliphatic heterocycles. The van der Waals surface area contributed by atoms with Crippen LogP contribution in [0.1, 0.15) is 10.6 Å². The first-order valence-corrected chi connectivity index (χ1v) is 4.27. The van der Waals surface area contributed by atoms with Crippen molar-refractivity contribution in [1.29, 1.82) is 0 Å². The van der Waals surface area contributed by atoms with E-state index in [1.54, 1.807) is 12.1 Å². The van der Waals surface area contributed by atoms with E-state index in [0.29, 0.717) is 22.3 Å². The van der Waals surface area contributed by atoms with Crippen molar-refractivity contribution in [3.63, 3.8) is 0 Å². The zero-order chi connectivity index (χ0) is 10.1. The average Bonchev–Trinajstić information content (AvgIpc) is 2.19. The van der Waals surface area contributed by atoms with Crippen molar-refractivity contribution in [2.75, 3.05) is 0 Å². The van der Waals surface area contributed by atoms with Gasteiger partial charge in [0.2, 0.25) is 0 Å². The number of benzene rings is 1. The molecule has 4 heteroatoms. The summed E-state index contributed by atoms with van der Waals surface area (Å²) in [6.45, 7) is 0. The number of aldehydes is 1. The molecule has 1 aromatic heterocycles. The Balaban J connectivity index is 2.90. The van der Waals surface area contributed by atoms with E-state index >= 15 is 0 Å². The van der Waals surface area contributed by atoms with Crippen LogP contribution in [0.25, 0.3) is 11.0 Å². The Kier molecular flexibility index (Phi) is 2.09. The molecule has 3 nitrogen and oxygen atoms in total. The Morgan fingerprint density at radius 3 is 2.79 bits per heavy atom. The Morgan fingerprint density at radius 1 is 1.29 bits per heavy atom. The predicted molar refractivity (Wildman–Crippen MR) is 52.9 cm³/mol. The fraction of sp³-hybridized carbons (Fsp3) is 0. The largest absolute Gasteiger partial charge is 0.453 e. The lowest BCUT2D eigenvalue weighted by Gasteiger charge is -1.97. The zero-order valence-corrected chi connectivity index (χ0v) is 7.75. The molecule has 0 fully saturated rings. The van der Waals surface area contributed by atoms with E-state index in [9.17, 15) is 9.59 Å². The number of rotatable bonds is 1. The number of carbonyl (C=O) groups excluding carboxylic acids is 1. The zero-order valence-electron chi connectivity index (χ0n) is 6.99. The second-order valence-corrected chi connectivity index (χ2v) is 3.21. The van der Waals surface area contributed by atoms with Crippen LogP contribution in [0.15, 0.2) is 33.5 Å². The Hall–Kier alpha value is -1.61. The molecule has 0 atom stereocenters. The van der Waals surface area contributed by atoms with Gasteiger partial charge in [-0.05, 0) is 18.2 Å². The van der Waals surface area contributed by atoms with E-state index in [4.69, 9.17) is 16.0 Å². The third-order valence-corrected chi connectivity index (χ3v) is 2.06. The summed E-state index contributed by atoms with van der Waals surface area (Å²) in [7, 11) is 0. The van der Waals surface area contributed by atoms with Gasteiger partial charge in [0, 0.05) is 11.1 Å². The summed E-state index contributed by atoms with van der Waals surface area (Å²) in [6.07, 6.45) is 0.495. The number of halogens is 1. The SMILES string of the molecule is O=Cc1cc(=O)c2cc(Cl)ccc2o1. The summed E-state index contributed by atoms with van der Waals surface area (Å²) in [4.78, 5) is 21.8. The fourth-order valence-corrected chi connectivity index (χ4v) is 1.38. The quantitative estimate of drug-likeness (QED) is 0.676. The van der Waals surface area contributed by atoms with Gasteiger partial charge in [-0.3, -0.25) is 9.59 Å². The van der Waals surface area contributed by atoms with Gasteiger partial charge in [0.05, 0.1) is 5.39 Å². The standard InChI is InChI=1S/C10H5ClO3/c11-6-1-2-10-8(3-6)9(13)4-7(5-12)14-10/h1-5H. The molecule has 2 aromatic rings. The molecule has 0 N–H and O–H groups in total. The van der Waals surface area contributed by atoms with Crippen molar-refractivity contribution in [3.8, 4) is 0 Å². The predicted octanol–water partition coefficient (Wildman–Crippen LogP) is 2.26. The van der Waals surface area contributed by atoms with Crippen LogP contribution >= 0.6 is 11.6 Å². The Morgan fingerprint density at radius 2 is 2.07 bits per heavy atom. The minimum atomic E-state index is -0.268. The van der Waals surface area contributed by atoms with E-state index in [2.05, 4.69) is 0 Å². The lowest BCUT2D eigenvalue weighted by atomic mass is 10.2. The first kappa shape index (κ1) is 8.97. The van der Waals surface area contributed by atoms with Gasteiger partial charge in [0.15, 0.2) is 17.5 Å². The molecule has 0 aliphatic carbocycles. The molecular formula is C10H5ClO3. The monoisotopic (exact) mass is 208 g/mol. The van der Waals surface area contributed by atoms with Crippen LogP contribution in [0.4, 0.5) is 0 Å². The van der Waals surface area contributed by atoms with Gasteiger partial charge in [-0.25, -0.2) is 0 Å². The molecule has 1 aromatic carbocycles. The summed E-state index contributed by atoms with van der Waals surface area (Å²) >= 11 is 5.71. The second-order valence-electron chi connectivity index (χ2n) is 2.77. The average molecular weight is 209 g/mol. The minimum absolute atomic E-state index is 0.0184. The molecule has 0 radical (unpaired) electrons. The van der Waals surface area contributed by atoms with Crippen LogP contribution in [0.5, 0.6) is 0 Å². The Bertz CT molecular complexity index is 557. The van der Waals surface area contributed by atoms with Crippen LogP contribution in [0, 0.1) is 0 Å². The molecule has 0 spiro atoms. The summed E-state index contributed by atoms with van der Waals surface area (Å²) in [5, 5.41) is 0.840. The third kappa shape index (κ3) is 1.42. The van der Waals surface area contributed by atoms with Gasteiger partial charge in [-0.2, -0.15) is 0 Å². The van der Waals surface area contributed by atoms with E-state index in [-0.39, 0.29) is 11.2 Å². The molecular weight excluding hydrogens is 204 g/mol. The summed E-state index contributed by atoms with van der Waals surface area (Å²) in [6, 6.07) is 5.82. The molecule has 14 heavy (non-hydrogen) atoms. The normalized spacial score (nSPS) is 10.4. The highest BCUT2D eigenvalue weighted by Gasteiger charge is 2.03. The molecule has 0 aliphatic rings. The number of fused-ring (bicyclic) bond motifs is 1. The van der Waals surface area contributed by atoms with E-state index in [1.807, 2.05) is 0 Å². The van der Waals surface area contributed by atoms with Gasteiger partial charge >= 0.3 is 0 Å². The Labute approximate surface area is 83.9 Å². The maximum Gasteiger partial charge on any atom is 0.193 e. The maximum absolute atomic E-state index is 11.4.